The molecular formula is C18H21NO3S. The Hall–Kier alpha value is -1.69. The average molecular weight is 331 g/mol. The number of nitrogens with one attached hydrogen (secondary N) is 1. The zero-order valence-corrected chi connectivity index (χ0v) is 13.9. The van der Waals surface area contributed by atoms with Crippen LogP contribution in [0.2, 0.25) is 0 Å². The highest BCUT2D eigenvalue weighted by atomic mass is 32.2. The Labute approximate surface area is 137 Å². The quantitative estimate of drug-likeness (QED) is 0.788. The summed E-state index contributed by atoms with van der Waals surface area (Å²) in [5.74, 6) is 1.61. The van der Waals surface area contributed by atoms with Gasteiger partial charge in [0.25, 0.3) is 10.1 Å². The monoisotopic (exact) mass is 331 g/mol. The van der Waals surface area contributed by atoms with Gasteiger partial charge in [0.05, 0.1) is 4.90 Å². The van der Waals surface area contributed by atoms with E-state index in [9.17, 15) is 8.42 Å². The van der Waals surface area contributed by atoms with E-state index < -0.39 is 10.1 Å². The largest absolute Gasteiger partial charge is 0.316 e. The predicted molar refractivity (Wildman–Crippen MR) is 90.4 cm³/mol. The van der Waals surface area contributed by atoms with Crippen molar-refractivity contribution in [2.45, 2.75) is 30.1 Å². The van der Waals surface area contributed by atoms with Gasteiger partial charge in [0.1, 0.15) is 0 Å². The topological polar surface area (TPSA) is 66.4 Å². The Morgan fingerprint density at radius 1 is 0.957 bits per heavy atom. The first kappa shape index (κ1) is 16.2. The second-order valence-electron chi connectivity index (χ2n) is 6.20. The summed E-state index contributed by atoms with van der Waals surface area (Å²) in [6.45, 7) is 4.22. The smallest absolute Gasteiger partial charge is 0.294 e. The van der Waals surface area contributed by atoms with E-state index in [1.165, 1.54) is 31.6 Å². The summed E-state index contributed by atoms with van der Waals surface area (Å²) in [6.07, 6.45) is 1.38. The summed E-state index contributed by atoms with van der Waals surface area (Å²) in [5.41, 5.74) is 4.16. The van der Waals surface area contributed by atoms with E-state index >= 15 is 0 Å². The molecule has 2 unspecified atom stereocenters. The minimum Gasteiger partial charge on any atom is -0.316 e. The van der Waals surface area contributed by atoms with Crippen LogP contribution in [-0.4, -0.2) is 26.1 Å². The van der Waals surface area contributed by atoms with Gasteiger partial charge in [-0.05, 0) is 48.4 Å². The van der Waals surface area contributed by atoms with E-state index in [1.807, 2.05) is 6.92 Å². The maximum absolute atomic E-state index is 10.5. The molecule has 2 aromatic carbocycles. The zero-order valence-electron chi connectivity index (χ0n) is 13.1. The van der Waals surface area contributed by atoms with Crippen LogP contribution in [0.15, 0.2) is 53.4 Å². The first-order valence-corrected chi connectivity index (χ1v) is 9.23. The van der Waals surface area contributed by atoms with Crippen LogP contribution in [0, 0.1) is 6.92 Å². The van der Waals surface area contributed by atoms with Crippen molar-refractivity contribution in [3.63, 3.8) is 0 Å². The number of aryl methyl sites for hydroxylation is 1. The summed E-state index contributed by atoms with van der Waals surface area (Å²) in [7, 11) is -4.02. The van der Waals surface area contributed by atoms with Crippen molar-refractivity contribution in [1.29, 1.82) is 0 Å². The highest BCUT2D eigenvalue weighted by Gasteiger charge is 2.33. The molecule has 2 atom stereocenters. The molecule has 0 amide bonds. The molecule has 2 N–H and O–H groups in total. The number of fused-ring (bicyclic) bond motifs is 5. The molecule has 4 nitrogen and oxygen atoms in total. The summed E-state index contributed by atoms with van der Waals surface area (Å²) < 4.78 is 29.6. The van der Waals surface area contributed by atoms with Crippen molar-refractivity contribution in [3.8, 4) is 0 Å². The standard InChI is InChI=1S/C11H13N.C7H8O3S/c1-2-4-11-9-5-8(6-12-7-9)10(11)3-1;1-6-2-4-7(5-3-6)11(8,9)10/h1-4,8-9,12H,5-7H2;2-5H,1H3,(H,8,9,10). The Kier molecular flexibility index (Phi) is 4.53. The first-order chi connectivity index (χ1) is 10.9. The highest BCUT2D eigenvalue weighted by molar-refractivity contribution is 7.85. The maximum atomic E-state index is 10.5. The molecule has 0 saturated carbocycles. The fourth-order valence-electron chi connectivity index (χ4n) is 3.38. The van der Waals surface area contributed by atoms with Crippen LogP contribution in [0.25, 0.3) is 0 Å². The van der Waals surface area contributed by atoms with E-state index in [4.69, 9.17) is 4.55 Å². The van der Waals surface area contributed by atoms with Crippen molar-refractivity contribution in [3.05, 3.63) is 65.2 Å². The lowest BCUT2D eigenvalue weighted by atomic mass is 9.98. The number of hydrogen-bond acceptors (Lipinski definition) is 3. The fourth-order valence-corrected chi connectivity index (χ4v) is 3.86. The van der Waals surface area contributed by atoms with Gasteiger partial charge in [-0.3, -0.25) is 4.55 Å². The number of benzene rings is 2. The van der Waals surface area contributed by atoms with Crippen LogP contribution in [0.3, 0.4) is 0 Å². The van der Waals surface area contributed by atoms with Crippen molar-refractivity contribution < 1.29 is 13.0 Å². The molecule has 2 bridgehead atoms. The van der Waals surface area contributed by atoms with Crippen molar-refractivity contribution in [1.82, 2.24) is 5.32 Å². The van der Waals surface area contributed by atoms with Gasteiger partial charge in [-0.25, -0.2) is 0 Å². The molecule has 0 radical (unpaired) electrons. The van der Waals surface area contributed by atoms with Gasteiger partial charge in [-0.15, -0.1) is 0 Å². The van der Waals surface area contributed by atoms with Gasteiger partial charge in [-0.1, -0.05) is 42.0 Å². The third kappa shape index (κ3) is 3.63. The summed E-state index contributed by atoms with van der Waals surface area (Å²) in [5, 5.41) is 3.49. The van der Waals surface area contributed by atoms with Gasteiger partial charge >= 0.3 is 0 Å². The minimum absolute atomic E-state index is 0.0666. The molecule has 2 aliphatic rings. The Bertz CT molecular complexity index is 755. The molecule has 122 valence electrons. The van der Waals surface area contributed by atoms with Gasteiger partial charge in [0.15, 0.2) is 0 Å². The van der Waals surface area contributed by atoms with Crippen LogP contribution in [-0.2, 0) is 10.1 Å². The zero-order chi connectivity index (χ0) is 16.4. The highest BCUT2D eigenvalue weighted by Crippen LogP contribution is 2.42. The Morgan fingerprint density at radius 3 is 1.96 bits per heavy atom. The third-order valence-electron chi connectivity index (χ3n) is 4.55. The molecule has 0 aromatic heterocycles. The van der Waals surface area contributed by atoms with Crippen molar-refractivity contribution in [2.75, 3.05) is 13.1 Å². The lowest BCUT2D eigenvalue weighted by Gasteiger charge is -2.19. The molecule has 1 heterocycles. The number of piperidine rings is 1. The molecule has 1 aliphatic heterocycles. The van der Waals surface area contributed by atoms with Crippen molar-refractivity contribution >= 4 is 10.1 Å². The number of rotatable bonds is 1. The molecule has 4 rings (SSSR count). The minimum atomic E-state index is -4.02. The SMILES string of the molecule is Cc1ccc(S(=O)(=O)O)cc1.c1ccc2c(c1)C1CNCC2C1. The molecule has 0 spiro atoms. The van der Waals surface area contributed by atoms with Crippen molar-refractivity contribution in [2.24, 2.45) is 0 Å². The van der Waals surface area contributed by atoms with Crippen LogP contribution in [0.5, 0.6) is 0 Å². The van der Waals surface area contributed by atoms with Gasteiger partial charge in [-0.2, -0.15) is 8.42 Å². The lowest BCUT2D eigenvalue weighted by Crippen LogP contribution is -2.28. The summed E-state index contributed by atoms with van der Waals surface area (Å²) in [6, 6.07) is 14.9. The molecular weight excluding hydrogens is 310 g/mol. The van der Waals surface area contributed by atoms with E-state index in [0.717, 1.165) is 17.4 Å². The van der Waals surface area contributed by atoms with Gasteiger partial charge < -0.3 is 5.32 Å². The Balaban J connectivity index is 0.000000137. The van der Waals surface area contributed by atoms with E-state index in [1.54, 1.807) is 23.3 Å². The van der Waals surface area contributed by atoms with Crippen LogP contribution in [0.4, 0.5) is 0 Å². The second kappa shape index (κ2) is 6.43. The lowest BCUT2D eigenvalue weighted by molar-refractivity contribution is 0.454. The summed E-state index contributed by atoms with van der Waals surface area (Å²) >= 11 is 0. The average Bonchev–Trinajstić information content (AvgIpc) is 2.79. The third-order valence-corrected chi connectivity index (χ3v) is 5.41. The van der Waals surface area contributed by atoms with E-state index in [-0.39, 0.29) is 4.90 Å². The molecule has 5 heteroatoms. The van der Waals surface area contributed by atoms with E-state index in [0.29, 0.717) is 0 Å². The van der Waals surface area contributed by atoms with E-state index in [2.05, 4.69) is 29.6 Å². The molecule has 2 aromatic rings. The summed E-state index contributed by atoms with van der Waals surface area (Å²) in [4.78, 5) is -0.0666. The predicted octanol–water partition coefficient (Wildman–Crippen LogP) is 3.10. The van der Waals surface area contributed by atoms with Crippen LogP contribution >= 0.6 is 0 Å². The fraction of sp³-hybridized carbons (Fsp3) is 0.333. The Morgan fingerprint density at radius 2 is 1.48 bits per heavy atom. The molecule has 1 aliphatic carbocycles. The van der Waals surface area contributed by atoms with Gasteiger partial charge in [0, 0.05) is 13.1 Å². The molecule has 1 fully saturated rings. The van der Waals surface area contributed by atoms with Crippen LogP contribution < -0.4 is 5.32 Å². The maximum Gasteiger partial charge on any atom is 0.294 e. The first-order valence-electron chi connectivity index (χ1n) is 7.79. The van der Waals surface area contributed by atoms with Crippen LogP contribution in [0.1, 0.15) is 34.9 Å². The molecule has 23 heavy (non-hydrogen) atoms. The second-order valence-corrected chi connectivity index (χ2v) is 7.63. The van der Waals surface area contributed by atoms with Gasteiger partial charge in [0.2, 0.25) is 0 Å². The molecule has 1 saturated heterocycles. The number of hydrogen-bond donors (Lipinski definition) is 2. The normalized spacial score (nSPS) is 22.0.